The SMILES string of the molecule is CC1(C)C(=O)N(c2ccc(OC(F)(F)F)c(NC(=O)C3NCCc4ccccc43)c2)C(=O)N1Cc1ccncc1. The van der Waals surface area contributed by atoms with Crippen molar-refractivity contribution in [2.45, 2.75) is 44.8 Å². The van der Waals surface area contributed by atoms with E-state index in [2.05, 4.69) is 20.4 Å². The van der Waals surface area contributed by atoms with E-state index in [1.54, 1.807) is 50.5 Å². The Morgan fingerprint density at radius 2 is 1.85 bits per heavy atom. The largest absolute Gasteiger partial charge is 0.573 e. The van der Waals surface area contributed by atoms with Crippen molar-refractivity contribution in [1.82, 2.24) is 15.2 Å². The number of anilines is 2. The first-order valence-electron chi connectivity index (χ1n) is 12.5. The highest BCUT2D eigenvalue weighted by atomic mass is 19.4. The van der Waals surface area contributed by atoms with Crippen LogP contribution >= 0.6 is 0 Å². The minimum atomic E-state index is -5.04. The number of hydrogen-bond acceptors (Lipinski definition) is 6. The quantitative estimate of drug-likeness (QED) is 0.434. The summed E-state index contributed by atoms with van der Waals surface area (Å²) >= 11 is 0. The number of rotatable bonds is 6. The lowest BCUT2D eigenvalue weighted by Crippen LogP contribution is -2.43. The van der Waals surface area contributed by atoms with Crippen LogP contribution in [0.4, 0.5) is 29.3 Å². The maximum absolute atomic E-state index is 13.5. The first-order valence-corrected chi connectivity index (χ1v) is 12.5. The van der Waals surface area contributed by atoms with Gasteiger partial charge in [-0.05, 0) is 67.3 Å². The Morgan fingerprint density at radius 1 is 1.12 bits per heavy atom. The first-order chi connectivity index (χ1) is 19.0. The Bertz CT molecular complexity index is 1460. The molecule has 1 aromatic heterocycles. The van der Waals surface area contributed by atoms with Crippen LogP contribution in [0, 0.1) is 0 Å². The van der Waals surface area contributed by atoms with Gasteiger partial charge in [-0.3, -0.25) is 14.6 Å². The number of hydrogen-bond donors (Lipinski definition) is 2. The second-order valence-electron chi connectivity index (χ2n) is 9.98. The summed E-state index contributed by atoms with van der Waals surface area (Å²) in [6.07, 6.45) is -1.21. The molecule has 9 nitrogen and oxygen atoms in total. The average Bonchev–Trinajstić information content (AvgIpc) is 3.08. The lowest BCUT2D eigenvalue weighted by molar-refractivity contribution is -0.274. The normalized spacial score (nSPS) is 18.5. The molecule has 3 aromatic rings. The molecule has 40 heavy (non-hydrogen) atoms. The fraction of sp³-hybridized carbons (Fsp3) is 0.286. The molecule has 0 radical (unpaired) electrons. The van der Waals surface area contributed by atoms with E-state index in [4.69, 9.17) is 0 Å². The summed E-state index contributed by atoms with van der Waals surface area (Å²) in [7, 11) is 0. The van der Waals surface area contributed by atoms with Crippen molar-refractivity contribution < 1.29 is 32.3 Å². The zero-order chi connectivity index (χ0) is 28.7. The van der Waals surface area contributed by atoms with Crippen molar-refractivity contribution in [2.24, 2.45) is 0 Å². The number of fused-ring (bicyclic) bond motifs is 1. The molecule has 5 rings (SSSR count). The summed E-state index contributed by atoms with van der Waals surface area (Å²) in [4.78, 5) is 46.4. The molecule has 1 atom stereocenters. The number of urea groups is 1. The van der Waals surface area contributed by atoms with Crippen LogP contribution in [0.25, 0.3) is 0 Å². The van der Waals surface area contributed by atoms with Gasteiger partial charge in [-0.15, -0.1) is 13.2 Å². The highest BCUT2D eigenvalue weighted by Crippen LogP contribution is 2.39. The molecule has 12 heteroatoms. The summed E-state index contributed by atoms with van der Waals surface area (Å²) in [6.45, 7) is 3.79. The molecular formula is C28H26F3N5O4. The maximum atomic E-state index is 13.5. The minimum absolute atomic E-state index is 0.0119. The van der Waals surface area contributed by atoms with Crippen molar-refractivity contribution in [3.05, 3.63) is 83.7 Å². The minimum Gasteiger partial charge on any atom is -0.404 e. The van der Waals surface area contributed by atoms with E-state index in [9.17, 15) is 27.6 Å². The van der Waals surface area contributed by atoms with Crippen molar-refractivity contribution in [3.63, 3.8) is 0 Å². The third-order valence-electron chi connectivity index (χ3n) is 6.99. The molecular weight excluding hydrogens is 527 g/mol. The molecule has 208 valence electrons. The van der Waals surface area contributed by atoms with E-state index in [1.807, 2.05) is 12.1 Å². The summed E-state index contributed by atoms with van der Waals surface area (Å²) in [5, 5.41) is 5.59. The lowest BCUT2D eigenvalue weighted by atomic mass is 9.94. The lowest BCUT2D eigenvalue weighted by Gasteiger charge is -2.27. The number of amides is 4. The van der Waals surface area contributed by atoms with Gasteiger partial charge in [0.25, 0.3) is 5.91 Å². The molecule has 2 aromatic carbocycles. The maximum Gasteiger partial charge on any atom is 0.573 e. The first kappa shape index (κ1) is 27.1. The van der Waals surface area contributed by atoms with E-state index in [0.717, 1.165) is 28.2 Å². The van der Waals surface area contributed by atoms with Crippen LogP contribution in [-0.2, 0) is 22.6 Å². The number of aromatic nitrogens is 1. The Labute approximate surface area is 227 Å². The van der Waals surface area contributed by atoms with Gasteiger partial charge >= 0.3 is 12.4 Å². The number of alkyl halides is 3. The number of benzene rings is 2. The van der Waals surface area contributed by atoms with Gasteiger partial charge in [0.15, 0.2) is 5.75 Å². The van der Waals surface area contributed by atoms with E-state index < -0.39 is 41.5 Å². The van der Waals surface area contributed by atoms with E-state index in [-0.39, 0.29) is 17.9 Å². The molecule has 2 N–H and O–H groups in total. The van der Waals surface area contributed by atoms with Gasteiger partial charge in [-0.2, -0.15) is 0 Å². The molecule has 0 spiro atoms. The predicted molar refractivity (Wildman–Crippen MR) is 139 cm³/mol. The number of carbonyl (C=O) groups is 3. The second kappa shape index (κ2) is 10.3. The molecule has 1 saturated heterocycles. The Morgan fingerprint density at radius 3 is 2.58 bits per heavy atom. The zero-order valence-electron chi connectivity index (χ0n) is 21.7. The highest BCUT2D eigenvalue weighted by Gasteiger charge is 2.52. The summed E-state index contributed by atoms with van der Waals surface area (Å²) in [5.74, 6) is -1.87. The van der Waals surface area contributed by atoms with Crippen LogP contribution in [0.1, 0.15) is 36.6 Å². The number of nitrogens with one attached hydrogen (secondary N) is 2. The third kappa shape index (κ3) is 5.22. The van der Waals surface area contributed by atoms with Crippen molar-refractivity contribution in [3.8, 4) is 5.75 Å². The number of halogens is 3. The predicted octanol–water partition coefficient (Wildman–Crippen LogP) is 4.55. The van der Waals surface area contributed by atoms with Gasteiger partial charge < -0.3 is 20.3 Å². The fourth-order valence-electron chi connectivity index (χ4n) is 4.91. The van der Waals surface area contributed by atoms with Gasteiger partial charge in [0.1, 0.15) is 11.6 Å². The standard InChI is InChI=1S/C28H26F3N5O4/c1-27(2)25(38)36(26(39)35(27)16-17-9-12-32-13-10-17)19-7-8-22(40-28(29,30)31)21(15-19)34-24(37)23-20-6-4-3-5-18(20)11-14-33-23/h3-10,12-13,15,23,33H,11,14,16H2,1-2H3,(H,34,37). The topological polar surface area (TPSA) is 104 Å². The number of pyridine rings is 1. The van der Waals surface area contributed by atoms with Crippen LogP contribution in [0.15, 0.2) is 67.0 Å². The molecule has 2 aliphatic heterocycles. The van der Waals surface area contributed by atoms with Crippen LogP contribution in [0.3, 0.4) is 0 Å². The second-order valence-corrected chi connectivity index (χ2v) is 9.98. The van der Waals surface area contributed by atoms with E-state index in [0.29, 0.717) is 18.5 Å². The van der Waals surface area contributed by atoms with Crippen molar-refractivity contribution in [2.75, 3.05) is 16.8 Å². The molecule has 0 bridgehead atoms. The smallest absolute Gasteiger partial charge is 0.404 e. The Hall–Kier alpha value is -4.45. The van der Waals surface area contributed by atoms with Crippen molar-refractivity contribution in [1.29, 1.82) is 0 Å². The molecule has 0 saturated carbocycles. The Kier molecular flexibility index (Phi) is 6.96. The monoisotopic (exact) mass is 553 g/mol. The van der Waals surface area contributed by atoms with Crippen LogP contribution in [-0.4, -0.2) is 46.2 Å². The average molecular weight is 554 g/mol. The molecule has 1 unspecified atom stereocenters. The van der Waals surface area contributed by atoms with Crippen molar-refractivity contribution >= 4 is 29.2 Å². The van der Waals surface area contributed by atoms with E-state index in [1.165, 1.54) is 11.0 Å². The van der Waals surface area contributed by atoms with Gasteiger partial charge in [-0.25, -0.2) is 9.69 Å². The molecule has 2 aliphatic rings. The highest BCUT2D eigenvalue weighted by molar-refractivity contribution is 6.23. The summed E-state index contributed by atoms with van der Waals surface area (Å²) in [5.41, 5.74) is 0.803. The number of nitrogens with zero attached hydrogens (tertiary/aromatic N) is 3. The molecule has 3 heterocycles. The van der Waals surface area contributed by atoms with E-state index >= 15 is 0 Å². The molecule has 4 amide bonds. The molecule has 0 aliphatic carbocycles. The zero-order valence-corrected chi connectivity index (χ0v) is 21.7. The van der Waals surface area contributed by atoms with Gasteiger partial charge in [0, 0.05) is 25.5 Å². The molecule has 1 fully saturated rings. The number of carbonyl (C=O) groups excluding carboxylic acids is 3. The number of ether oxygens (including phenoxy) is 1. The fourth-order valence-corrected chi connectivity index (χ4v) is 4.91. The van der Waals surface area contributed by atoms with Gasteiger partial charge in [0.05, 0.1) is 11.4 Å². The summed E-state index contributed by atoms with van der Waals surface area (Å²) in [6, 6.07) is 12.5. The Balaban J connectivity index is 1.48. The third-order valence-corrected chi connectivity index (χ3v) is 6.99. The van der Waals surface area contributed by atoms with Gasteiger partial charge in [-0.1, -0.05) is 24.3 Å². The number of imide groups is 1. The van der Waals surface area contributed by atoms with Crippen LogP contribution in [0.2, 0.25) is 0 Å². The van der Waals surface area contributed by atoms with Crippen LogP contribution in [0.5, 0.6) is 5.75 Å². The van der Waals surface area contributed by atoms with Gasteiger partial charge in [0.2, 0.25) is 5.91 Å². The van der Waals surface area contributed by atoms with Crippen LogP contribution < -0.4 is 20.3 Å². The summed E-state index contributed by atoms with van der Waals surface area (Å²) < 4.78 is 43.8.